The zero-order chi connectivity index (χ0) is 16.4. The molecule has 0 fully saturated rings. The van der Waals surface area contributed by atoms with Gasteiger partial charge in [0.05, 0.1) is 0 Å². The molecule has 0 bridgehead atoms. The van der Waals surface area contributed by atoms with E-state index >= 15 is 0 Å². The van der Waals surface area contributed by atoms with Gasteiger partial charge in [0, 0.05) is 28.0 Å². The molecule has 2 nitrogen and oxygen atoms in total. The molecule has 0 radical (unpaired) electrons. The lowest BCUT2D eigenvalue weighted by Crippen LogP contribution is -2.05. The van der Waals surface area contributed by atoms with Gasteiger partial charge in [-0.15, -0.1) is 0 Å². The quantitative estimate of drug-likeness (QED) is 0.559. The smallest absolute Gasteiger partial charge is 0.161 e. The summed E-state index contributed by atoms with van der Waals surface area (Å²) in [5.74, 6) is 0.104. The van der Waals surface area contributed by atoms with Gasteiger partial charge in [0.25, 0.3) is 0 Å². The van der Waals surface area contributed by atoms with Crippen LogP contribution in [0.3, 0.4) is 0 Å². The van der Waals surface area contributed by atoms with Crippen molar-refractivity contribution in [2.45, 2.75) is 20.4 Å². The van der Waals surface area contributed by atoms with Crippen molar-refractivity contribution in [3.63, 3.8) is 0 Å². The number of aromatic nitrogens is 1. The van der Waals surface area contributed by atoms with Gasteiger partial charge in [-0.25, -0.2) is 0 Å². The molecule has 3 aromatic rings. The first-order valence-electron chi connectivity index (χ1n) is 7.57. The maximum absolute atomic E-state index is 11.9. The second kappa shape index (κ2) is 6.55. The molecule has 1 heterocycles. The summed E-state index contributed by atoms with van der Waals surface area (Å²) in [5, 5.41) is 0. The molecule has 0 unspecified atom stereocenters. The van der Waals surface area contributed by atoms with Crippen molar-refractivity contribution >= 4 is 21.7 Å². The average molecular weight is 368 g/mol. The average Bonchev–Trinajstić information content (AvgIpc) is 2.86. The molecule has 23 heavy (non-hydrogen) atoms. The number of carbonyl (C=O) groups excluding carboxylic acids is 1. The summed E-state index contributed by atoms with van der Waals surface area (Å²) in [7, 11) is 0. The van der Waals surface area contributed by atoms with E-state index in [0.717, 1.165) is 33.5 Å². The molecule has 0 amide bonds. The van der Waals surface area contributed by atoms with Crippen molar-refractivity contribution in [3.8, 4) is 11.3 Å². The highest BCUT2D eigenvalue weighted by Gasteiger charge is 2.16. The van der Waals surface area contributed by atoms with Crippen LogP contribution in [0.5, 0.6) is 0 Å². The molecule has 0 spiro atoms. The van der Waals surface area contributed by atoms with Crippen LogP contribution in [0.25, 0.3) is 11.3 Å². The number of hydrogen-bond donors (Lipinski definition) is 0. The normalized spacial score (nSPS) is 10.7. The number of benzene rings is 2. The number of halogens is 1. The van der Waals surface area contributed by atoms with Crippen LogP contribution in [-0.4, -0.2) is 10.4 Å². The van der Waals surface area contributed by atoms with Crippen molar-refractivity contribution < 1.29 is 4.79 Å². The predicted molar refractivity (Wildman–Crippen MR) is 97.9 cm³/mol. The maximum Gasteiger partial charge on any atom is 0.161 e. The summed E-state index contributed by atoms with van der Waals surface area (Å²) in [6.45, 7) is 4.38. The first kappa shape index (κ1) is 15.8. The Hall–Kier alpha value is -2.13. The van der Waals surface area contributed by atoms with E-state index in [0.29, 0.717) is 0 Å². The highest BCUT2D eigenvalue weighted by Crippen LogP contribution is 2.27. The number of hydrogen-bond acceptors (Lipinski definition) is 1. The Morgan fingerprint density at radius 2 is 1.78 bits per heavy atom. The van der Waals surface area contributed by atoms with Crippen LogP contribution < -0.4 is 0 Å². The van der Waals surface area contributed by atoms with Crippen molar-refractivity contribution in [2.24, 2.45) is 0 Å². The largest absolute Gasteiger partial charge is 0.340 e. The topological polar surface area (TPSA) is 22.0 Å². The van der Waals surface area contributed by atoms with E-state index in [2.05, 4.69) is 44.8 Å². The number of carbonyl (C=O) groups is 1. The molecule has 0 atom stereocenters. The first-order chi connectivity index (χ1) is 11.1. The van der Waals surface area contributed by atoms with Crippen LogP contribution in [0.15, 0.2) is 65.1 Å². The minimum atomic E-state index is 0.104. The van der Waals surface area contributed by atoms with E-state index in [4.69, 9.17) is 0 Å². The summed E-state index contributed by atoms with van der Waals surface area (Å²) < 4.78 is 3.28. The van der Waals surface area contributed by atoms with Crippen molar-refractivity contribution in [1.82, 2.24) is 4.57 Å². The monoisotopic (exact) mass is 367 g/mol. The minimum absolute atomic E-state index is 0.104. The van der Waals surface area contributed by atoms with Crippen LogP contribution in [-0.2, 0) is 6.54 Å². The maximum atomic E-state index is 11.9. The van der Waals surface area contributed by atoms with Crippen LogP contribution in [0.4, 0.5) is 0 Å². The number of rotatable bonds is 4. The fourth-order valence-electron chi connectivity index (χ4n) is 2.87. The van der Waals surface area contributed by atoms with Crippen LogP contribution in [0, 0.1) is 6.92 Å². The molecule has 1 aromatic heterocycles. The molecule has 0 saturated carbocycles. The Kier molecular flexibility index (Phi) is 4.49. The molecule has 0 saturated heterocycles. The van der Waals surface area contributed by atoms with E-state index in [1.807, 2.05) is 43.3 Å². The van der Waals surface area contributed by atoms with Gasteiger partial charge in [-0.3, -0.25) is 4.79 Å². The molecule has 3 rings (SSSR count). The standard InChI is InChI=1S/C20H18BrNO/c1-14-19(15(2)23)12-20(17-8-4-3-5-9-17)22(14)13-16-7-6-10-18(21)11-16/h3-12H,13H2,1-2H3. The number of nitrogens with zero attached hydrogens (tertiary/aromatic N) is 1. The summed E-state index contributed by atoms with van der Waals surface area (Å²) in [6, 6.07) is 20.5. The second-order valence-corrected chi connectivity index (χ2v) is 6.58. The lowest BCUT2D eigenvalue weighted by Gasteiger charge is -2.12. The summed E-state index contributed by atoms with van der Waals surface area (Å²) in [4.78, 5) is 11.9. The Balaban J connectivity index is 2.12. The van der Waals surface area contributed by atoms with E-state index < -0.39 is 0 Å². The third kappa shape index (κ3) is 3.30. The van der Waals surface area contributed by atoms with Crippen LogP contribution in [0.2, 0.25) is 0 Å². The summed E-state index contributed by atoms with van der Waals surface area (Å²) >= 11 is 3.52. The number of ketones is 1. The van der Waals surface area contributed by atoms with Crippen LogP contribution in [0.1, 0.15) is 28.5 Å². The first-order valence-corrected chi connectivity index (χ1v) is 8.36. The lowest BCUT2D eigenvalue weighted by molar-refractivity contribution is 0.101. The van der Waals surface area contributed by atoms with Crippen molar-refractivity contribution in [2.75, 3.05) is 0 Å². The highest BCUT2D eigenvalue weighted by molar-refractivity contribution is 9.10. The molecular formula is C20H18BrNO. The summed E-state index contributed by atoms with van der Waals surface area (Å²) in [6.07, 6.45) is 0. The second-order valence-electron chi connectivity index (χ2n) is 5.67. The van der Waals surface area contributed by atoms with Gasteiger partial charge < -0.3 is 4.57 Å². The molecule has 0 aliphatic heterocycles. The molecule has 116 valence electrons. The van der Waals surface area contributed by atoms with Gasteiger partial charge >= 0.3 is 0 Å². The number of Topliss-reactive ketones (excluding diaryl/α,β-unsaturated/α-hetero) is 1. The van der Waals surface area contributed by atoms with Gasteiger partial charge in [-0.05, 0) is 43.2 Å². The molecule has 0 aliphatic carbocycles. The van der Waals surface area contributed by atoms with Gasteiger partial charge in [0.1, 0.15) is 0 Å². The highest BCUT2D eigenvalue weighted by atomic mass is 79.9. The van der Waals surface area contributed by atoms with E-state index in [-0.39, 0.29) is 5.78 Å². The van der Waals surface area contributed by atoms with E-state index in [1.165, 1.54) is 5.56 Å². The Morgan fingerprint density at radius 3 is 2.43 bits per heavy atom. The van der Waals surface area contributed by atoms with E-state index in [1.54, 1.807) is 6.92 Å². The molecule has 0 N–H and O–H groups in total. The van der Waals surface area contributed by atoms with Gasteiger partial charge in [-0.1, -0.05) is 58.4 Å². The van der Waals surface area contributed by atoms with Crippen molar-refractivity contribution in [1.29, 1.82) is 0 Å². The Bertz CT molecular complexity index is 849. The van der Waals surface area contributed by atoms with E-state index in [9.17, 15) is 4.79 Å². The van der Waals surface area contributed by atoms with Crippen LogP contribution >= 0.6 is 15.9 Å². The van der Waals surface area contributed by atoms with Gasteiger partial charge in [0.2, 0.25) is 0 Å². The molecule has 0 aliphatic rings. The molecular weight excluding hydrogens is 350 g/mol. The zero-order valence-corrected chi connectivity index (χ0v) is 14.8. The third-order valence-electron chi connectivity index (χ3n) is 4.05. The van der Waals surface area contributed by atoms with Gasteiger partial charge in [0.15, 0.2) is 5.78 Å². The van der Waals surface area contributed by atoms with Gasteiger partial charge in [-0.2, -0.15) is 0 Å². The zero-order valence-electron chi connectivity index (χ0n) is 13.2. The predicted octanol–water partition coefficient (Wildman–Crippen LogP) is 5.48. The molecule has 2 aromatic carbocycles. The lowest BCUT2D eigenvalue weighted by atomic mass is 10.1. The summed E-state index contributed by atoms with van der Waals surface area (Å²) in [5.41, 5.74) is 5.20. The molecule has 3 heteroatoms. The Labute approximate surface area is 144 Å². The SMILES string of the molecule is CC(=O)c1cc(-c2ccccc2)n(Cc2cccc(Br)c2)c1C. The Morgan fingerprint density at radius 1 is 1.04 bits per heavy atom. The van der Waals surface area contributed by atoms with Crippen molar-refractivity contribution in [3.05, 3.63) is 82.0 Å². The fourth-order valence-corrected chi connectivity index (χ4v) is 3.32. The fraction of sp³-hybridized carbons (Fsp3) is 0.150. The minimum Gasteiger partial charge on any atom is -0.340 e. The third-order valence-corrected chi connectivity index (χ3v) is 4.54.